The van der Waals surface area contributed by atoms with E-state index >= 15 is 0 Å². The normalized spacial score (nSPS) is 15.7. The molecule has 16 heavy (non-hydrogen) atoms. The van der Waals surface area contributed by atoms with Crippen LogP contribution in [0, 0.1) is 0 Å². The molecule has 0 bridgehead atoms. The Kier molecular flexibility index (Phi) is 3.00. The van der Waals surface area contributed by atoms with Crippen LogP contribution < -0.4 is 10.1 Å². The molecule has 0 saturated carbocycles. The minimum absolute atomic E-state index is 0.0398. The van der Waals surface area contributed by atoms with Gasteiger partial charge in [0.2, 0.25) is 5.88 Å². The number of hydrogen-bond acceptors (Lipinski definition) is 3. The molecule has 2 rings (SSSR count). The zero-order valence-electron chi connectivity index (χ0n) is 8.47. The molecule has 0 aromatic carbocycles. The van der Waals surface area contributed by atoms with Crippen molar-refractivity contribution in [3.05, 3.63) is 23.4 Å². The van der Waals surface area contributed by atoms with E-state index in [1.807, 2.05) is 0 Å². The van der Waals surface area contributed by atoms with E-state index in [9.17, 15) is 13.2 Å². The van der Waals surface area contributed by atoms with Crippen LogP contribution in [0.2, 0.25) is 0 Å². The Labute approximate surface area is 90.6 Å². The average molecular weight is 232 g/mol. The first-order valence-electron chi connectivity index (χ1n) is 4.94. The number of nitrogens with one attached hydrogen (secondary N) is 1. The maximum absolute atomic E-state index is 11.9. The fourth-order valence-corrected chi connectivity index (χ4v) is 1.55. The molecular weight excluding hydrogens is 221 g/mol. The highest BCUT2D eigenvalue weighted by Gasteiger charge is 2.28. The van der Waals surface area contributed by atoms with Crippen LogP contribution in [0.1, 0.15) is 11.3 Å². The number of fused-ring (bicyclic) bond motifs is 1. The molecule has 3 nitrogen and oxygen atoms in total. The number of aromatic nitrogens is 1. The second-order valence-corrected chi connectivity index (χ2v) is 3.59. The Bertz CT molecular complexity index is 379. The van der Waals surface area contributed by atoms with E-state index in [0.717, 1.165) is 24.2 Å². The lowest BCUT2D eigenvalue weighted by atomic mass is 10.1. The zero-order valence-corrected chi connectivity index (χ0v) is 8.47. The van der Waals surface area contributed by atoms with Crippen molar-refractivity contribution in [3.8, 4) is 5.88 Å². The van der Waals surface area contributed by atoms with Crippen LogP contribution in [0.3, 0.4) is 0 Å². The van der Waals surface area contributed by atoms with Crippen molar-refractivity contribution in [1.82, 2.24) is 10.3 Å². The van der Waals surface area contributed by atoms with Gasteiger partial charge in [0, 0.05) is 25.6 Å². The number of pyridine rings is 1. The maximum atomic E-state index is 11.9. The van der Waals surface area contributed by atoms with Crippen molar-refractivity contribution >= 4 is 0 Å². The molecule has 0 unspecified atom stereocenters. The molecule has 1 aromatic rings. The van der Waals surface area contributed by atoms with Crippen molar-refractivity contribution in [2.45, 2.75) is 19.1 Å². The summed E-state index contributed by atoms with van der Waals surface area (Å²) in [7, 11) is 0. The lowest BCUT2D eigenvalue weighted by molar-refractivity contribution is -0.154. The van der Waals surface area contributed by atoms with Gasteiger partial charge in [-0.3, -0.25) is 0 Å². The van der Waals surface area contributed by atoms with Crippen LogP contribution in [0.25, 0.3) is 0 Å². The summed E-state index contributed by atoms with van der Waals surface area (Å²) in [5.74, 6) is 0.0398. The first-order chi connectivity index (χ1) is 7.54. The van der Waals surface area contributed by atoms with Gasteiger partial charge in [-0.15, -0.1) is 0 Å². The molecule has 0 spiro atoms. The molecule has 88 valence electrons. The Hall–Kier alpha value is -1.30. The summed E-state index contributed by atoms with van der Waals surface area (Å²) in [6.07, 6.45) is -3.60. The van der Waals surface area contributed by atoms with Gasteiger partial charge in [0.05, 0.1) is 5.69 Å². The number of rotatable bonds is 2. The van der Waals surface area contributed by atoms with Gasteiger partial charge in [0.25, 0.3) is 0 Å². The van der Waals surface area contributed by atoms with E-state index in [-0.39, 0.29) is 5.88 Å². The minimum atomic E-state index is -4.32. The highest BCUT2D eigenvalue weighted by molar-refractivity contribution is 5.27. The van der Waals surface area contributed by atoms with Crippen LogP contribution in [0.5, 0.6) is 5.88 Å². The van der Waals surface area contributed by atoms with Gasteiger partial charge in [0.15, 0.2) is 6.61 Å². The van der Waals surface area contributed by atoms with Crippen molar-refractivity contribution in [2.24, 2.45) is 0 Å². The van der Waals surface area contributed by atoms with E-state index in [2.05, 4.69) is 15.0 Å². The second-order valence-electron chi connectivity index (χ2n) is 3.59. The molecule has 0 aliphatic carbocycles. The molecule has 0 saturated heterocycles. The lowest BCUT2D eigenvalue weighted by Crippen LogP contribution is -2.25. The monoisotopic (exact) mass is 232 g/mol. The lowest BCUT2D eigenvalue weighted by Gasteiger charge is -2.17. The Balaban J connectivity index is 2.06. The summed E-state index contributed by atoms with van der Waals surface area (Å²) < 4.78 is 40.3. The molecule has 0 atom stereocenters. The molecule has 6 heteroatoms. The summed E-state index contributed by atoms with van der Waals surface area (Å²) in [4.78, 5) is 4.05. The second kappa shape index (κ2) is 4.29. The number of alkyl halides is 3. The topological polar surface area (TPSA) is 34.1 Å². The van der Waals surface area contributed by atoms with Gasteiger partial charge in [-0.2, -0.15) is 13.2 Å². The number of nitrogens with zero attached hydrogens (tertiary/aromatic N) is 1. The van der Waals surface area contributed by atoms with E-state index in [0.29, 0.717) is 6.54 Å². The summed E-state index contributed by atoms with van der Waals surface area (Å²) in [5.41, 5.74) is 1.84. The standard InChI is InChI=1S/C10H11F3N2O/c11-10(12,13)6-16-9-2-1-7-5-14-4-3-8(7)15-9/h1-2,14H,3-6H2. The minimum Gasteiger partial charge on any atom is -0.468 e. The fourth-order valence-electron chi connectivity index (χ4n) is 1.55. The molecule has 1 aromatic heterocycles. The summed E-state index contributed by atoms with van der Waals surface area (Å²) in [6.45, 7) is 0.210. The fraction of sp³-hybridized carbons (Fsp3) is 0.500. The van der Waals surface area contributed by atoms with Gasteiger partial charge in [0.1, 0.15) is 0 Å². The average Bonchev–Trinajstić information content (AvgIpc) is 2.25. The van der Waals surface area contributed by atoms with Gasteiger partial charge in [-0.25, -0.2) is 4.98 Å². The maximum Gasteiger partial charge on any atom is 0.422 e. The summed E-state index contributed by atoms with van der Waals surface area (Å²) >= 11 is 0. The molecule has 0 amide bonds. The zero-order chi connectivity index (χ0) is 11.6. The van der Waals surface area contributed by atoms with Crippen molar-refractivity contribution < 1.29 is 17.9 Å². The van der Waals surface area contributed by atoms with Gasteiger partial charge in [-0.05, 0) is 5.56 Å². The third kappa shape index (κ3) is 2.85. The van der Waals surface area contributed by atoms with Crippen LogP contribution in [-0.2, 0) is 13.0 Å². The molecule has 0 fully saturated rings. The van der Waals surface area contributed by atoms with Crippen LogP contribution in [-0.4, -0.2) is 24.3 Å². The number of ether oxygens (including phenoxy) is 1. The summed E-state index contributed by atoms with van der Waals surface area (Å²) in [5, 5.41) is 3.16. The third-order valence-electron chi connectivity index (χ3n) is 2.28. The number of halogens is 3. The third-order valence-corrected chi connectivity index (χ3v) is 2.28. The quantitative estimate of drug-likeness (QED) is 0.842. The predicted molar refractivity (Wildman–Crippen MR) is 51.2 cm³/mol. The first kappa shape index (κ1) is 11.2. The van der Waals surface area contributed by atoms with Crippen LogP contribution in [0.4, 0.5) is 13.2 Å². The van der Waals surface area contributed by atoms with Crippen molar-refractivity contribution in [2.75, 3.05) is 13.2 Å². The Morgan fingerprint density at radius 1 is 1.38 bits per heavy atom. The molecule has 1 N–H and O–H groups in total. The summed E-state index contributed by atoms with van der Waals surface area (Å²) in [6, 6.07) is 3.22. The molecule has 2 heterocycles. The van der Waals surface area contributed by atoms with E-state index < -0.39 is 12.8 Å². The van der Waals surface area contributed by atoms with Crippen LogP contribution >= 0.6 is 0 Å². The van der Waals surface area contributed by atoms with E-state index in [1.54, 1.807) is 6.07 Å². The predicted octanol–water partition coefficient (Wildman–Crippen LogP) is 1.67. The molecule has 1 aliphatic rings. The van der Waals surface area contributed by atoms with Gasteiger partial charge < -0.3 is 10.1 Å². The van der Waals surface area contributed by atoms with Crippen LogP contribution in [0.15, 0.2) is 12.1 Å². The van der Waals surface area contributed by atoms with E-state index in [4.69, 9.17) is 0 Å². The molecule has 0 radical (unpaired) electrons. The number of hydrogen-bond donors (Lipinski definition) is 1. The smallest absolute Gasteiger partial charge is 0.422 e. The molecule has 1 aliphatic heterocycles. The SMILES string of the molecule is FC(F)(F)COc1ccc2c(n1)CCNC2. The van der Waals surface area contributed by atoms with Gasteiger partial charge in [-0.1, -0.05) is 6.07 Å². The first-order valence-corrected chi connectivity index (χ1v) is 4.94. The van der Waals surface area contributed by atoms with Crippen molar-refractivity contribution in [3.63, 3.8) is 0 Å². The van der Waals surface area contributed by atoms with Gasteiger partial charge >= 0.3 is 6.18 Å². The Morgan fingerprint density at radius 2 is 2.19 bits per heavy atom. The highest BCUT2D eigenvalue weighted by atomic mass is 19.4. The largest absolute Gasteiger partial charge is 0.468 e. The highest BCUT2D eigenvalue weighted by Crippen LogP contribution is 2.19. The Morgan fingerprint density at radius 3 is 2.94 bits per heavy atom. The van der Waals surface area contributed by atoms with Crippen molar-refractivity contribution in [1.29, 1.82) is 0 Å². The van der Waals surface area contributed by atoms with E-state index in [1.165, 1.54) is 6.07 Å². The molecular formula is C10H11F3N2O.